The molecule has 0 saturated heterocycles. The zero-order chi connectivity index (χ0) is 16.5. The monoisotopic (exact) mass is 316 g/mol. The van der Waals surface area contributed by atoms with Crippen molar-refractivity contribution in [2.45, 2.75) is 0 Å². The highest BCUT2D eigenvalue weighted by molar-refractivity contribution is 6.06. The minimum absolute atomic E-state index is 0.0548. The quantitative estimate of drug-likeness (QED) is 0.448. The van der Waals surface area contributed by atoms with Gasteiger partial charge in [0.15, 0.2) is 0 Å². The molecule has 4 rings (SSSR count). The van der Waals surface area contributed by atoms with Crippen LogP contribution in [0.4, 0.5) is 17.2 Å². The summed E-state index contributed by atoms with van der Waals surface area (Å²) in [5.74, 6) is 0.676. The Labute approximate surface area is 137 Å². The summed E-state index contributed by atoms with van der Waals surface area (Å²) in [6.45, 7) is 0. The van der Waals surface area contributed by atoms with Crippen LogP contribution in [0.25, 0.3) is 22.0 Å². The number of nitro benzene ring substituents is 1. The van der Waals surface area contributed by atoms with Crippen molar-refractivity contribution in [2.24, 2.45) is 0 Å². The van der Waals surface area contributed by atoms with E-state index in [1.54, 1.807) is 12.1 Å². The van der Waals surface area contributed by atoms with Crippen LogP contribution in [0.5, 0.6) is 0 Å². The van der Waals surface area contributed by atoms with Gasteiger partial charge in [0.05, 0.1) is 15.8 Å². The molecule has 24 heavy (non-hydrogen) atoms. The second kappa shape index (κ2) is 5.58. The van der Waals surface area contributed by atoms with Crippen molar-refractivity contribution in [3.05, 3.63) is 77.1 Å². The standard InChI is InChI=1S/C18H12N4O2/c23-22(24)14-8-6-13(7-9-14)21-18-17-15-5-3-1-2-4-12(15)10-16(17)19-11-20-18/h1-11H,(H,19,20,21). The van der Waals surface area contributed by atoms with Gasteiger partial charge < -0.3 is 5.32 Å². The van der Waals surface area contributed by atoms with Crippen LogP contribution in [0.1, 0.15) is 0 Å². The van der Waals surface area contributed by atoms with Crippen molar-refractivity contribution in [1.29, 1.82) is 0 Å². The van der Waals surface area contributed by atoms with Crippen LogP contribution in [0, 0.1) is 10.1 Å². The Bertz CT molecular complexity index is 1010. The second-order valence-electron chi connectivity index (χ2n) is 5.34. The molecular weight excluding hydrogens is 304 g/mol. The van der Waals surface area contributed by atoms with Gasteiger partial charge in [0.1, 0.15) is 12.1 Å². The van der Waals surface area contributed by atoms with E-state index in [1.807, 2.05) is 36.4 Å². The molecule has 2 aliphatic rings. The lowest BCUT2D eigenvalue weighted by molar-refractivity contribution is -0.384. The van der Waals surface area contributed by atoms with E-state index in [4.69, 9.17) is 0 Å². The van der Waals surface area contributed by atoms with Gasteiger partial charge in [-0.2, -0.15) is 0 Å². The van der Waals surface area contributed by atoms with Crippen LogP contribution in [0.15, 0.2) is 67.0 Å². The summed E-state index contributed by atoms with van der Waals surface area (Å²) in [5, 5.41) is 14.9. The number of hydrogen-bond acceptors (Lipinski definition) is 5. The molecule has 0 radical (unpaired) electrons. The van der Waals surface area contributed by atoms with Gasteiger partial charge in [-0.3, -0.25) is 10.1 Å². The summed E-state index contributed by atoms with van der Waals surface area (Å²) in [4.78, 5) is 19.0. The number of anilines is 2. The fourth-order valence-corrected chi connectivity index (χ4v) is 2.73. The number of hydrogen-bond donors (Lipinski definition) is 1. The molecule has 0 fully saturated rings. The first-order valence-corrected chi connectivity index (χ1v) is 7.36. The zero-order valence-corrected chi connectivity index (χ0v) is 12.5. The van der Waals surface area contributed by atoms with Gasteiger partial charge in [-0.1, -0.05) is 30.3 Å². The third-order valence-electron chi connectivity index (χ3n) is 3.85. The molecule has 0 amide bonds. The molecule has 1 N–H and O–H groups in total. The smallest absolute Gasteiger partial charge is 0.269 e. The van der Waals surface area contributed by atoms with Crippen LogP contribution in [0.3, 0.4) is 0 Å². The first kappa shape index (κ1) is 14.1. The van der Waals surface area contributed by atoms with Crippen molar-refractivity contribution in [3.8, 4) is 11.1 Å². The van der Waals surface area contributed by atoms with Crippen LogP contribution in [-0.4, -0.2) is 14.9 Å². The largest absolute Gasteiger partial charge is 0.340 e. The topological polar surface area (TPSA) is 81.0 Å². The Morgan fingerprint density at radius 1 is 0.958 bits per heavy atom. The van der Waals surface area contributed by atoms with E-state index in [0.717, 1.165) is 27.7 Å². The molecule has 1 aromatic carbocycles. The molecule has 0 unspecified atom stereocenters. The van der Waals surface area contributed by atoms with Gasteiger partial charge in [0.25, 0.3) is 5.69 Å². The van der Waals surface area contributed by atoms with Gasteiger partial charge in [-0.15, -0.1) is 0 Å². The highest BCUT2D eigenvalue weighted by Gasteiger charge is 2.14. The molecule has 0 saturated carbocycles. The van der Waals surface area contributed by atoms with Crippen molar-refractivity contribution in [2.75, 3.05) is 5.32 Å². The number of nitro groups is 1. The highest BCUT2D eigenvalue weighted by atomic mass is 16.6. The number of nitrogens with one attached hydrogen (secondary N) is 1. The number of rotatable bonds is 3. The summed E-state index contributed by atoms with van der Waals surface area (Å²) in [5.41, 5.74) is 3.78. The summed E-state index contributed by atoms with van der Waals surface area (Å²) in [6, 6.07) is 18.3. The maximum Gasteiger partial charge on any atom is 0.269 e. The minimum atomic E-state index is -0.419. The third kappa shape index (κ3) is 2.40. The molecule has 2 aromatic rings. The Kier molecular flexibility index (Phi) is 3.28. The maximum atomic E-state index is 10.8. The lowest BCUT2D eigenvalue weighted by Gasteiger charge is -2.07. The lowest BCUT2D eigenvalue weighted by Crippen LogP contribution is -1.95. The Hall–Kier alpha value is -3.54. The van der Waals surface area contributed by atoms with Gasteiger partial charge in [-0.25, -0.2) is 9.97 Å². The summed E-state index contributed by atoms with van der Waals surface area (Å²) in [6.07, 6.45) is 1.51. The predicted octanol–water partition coefficient (Wildman–Crippen LogP) is 4.39. The second-order valence-corrected chi connectivity index (χ2v) is 5.34. The Morgan fingerprint density at radius 2 is 1.75 bits per heavy atom. The van der Waals surface area contributed by atoms with Gasteiger partial charge in [0.2, 0.25) is 0 Å². The van der Waals surface area contributed by atoms with E-state index in [9.17, 15) is 10.1 Å². The molecule has 0 bridgehead atoms. The fourth-order valence-electron chi connectivity index (χ4n) is 2.73. The lowest BCUT2D eigenvalue weighted by atomic mass is 10.1. The first-order valence-electron chi connectivity index (χ1n) is 7.36. The van der Waals surface area contributed by atoms with Crippen LogP contribution in [0.2, 0.25) is 0 Å². The van der Waals surface area contributed by atoms with Gasteiger partial charge in [-0.05, 0) is 29.3 Å². The highest BCUT2D eigenvalue weighted by Crippen LogP contribution is 2.36. The molecule has 2 aliphatic carbocycles. The minimum Gasteiger partial charge on any atom is -0.340 e. The molecule has 1 heterocycles. The van der Waals surface area contributed by atoms with Crippen molar-refractivity contribution < 1.29 is 4.92 Å². The van der Waals surface area contributed by atoms with Gasteiger partial charge >= 0.3 is 0 Å². The molecule has 6 heteroatoms. The van der Waals surface area contributed by atoms with E-state index in [0.29, 0.717) is 5.82 Å². The van der Waals surface area contributed by atoms with E-state index in [1.165, 1.54) is 18.5 Å². The Balaban J connectivity index is 1.80. The number of nitrogens with zero attached hydrogens (tertiary/aromatic N) is 3. The molecular formula is C18H12N4O2. The van der Waals surface area contributed by atoms with E-state index >= 15 is 0 Å². The Morgan fingerprint density at radius 3 is 2.54 bits per heavy atom. The van der Waals surface area contributed by atoms with Crippen LogP contribution < -0.4 is 5.32 Å². The fraction of sp³-hybridized carbons (Fsp3) is 0. The number of fused-ring (bicyclic) bond motifs is 3. The number of aromatic nitrogens is 2. The molecule has 0 atom stereocenters. The van der Waals surface area contributed by atoms with Crippen molar-refractivity contribution in [1.82, 2.24) is 9.97 Å². The van der Waals surface area contributed by atoms with Crippen molar-refractivity contribution in [3.63, 3.8) is 0 Å². The number of benzene rings is 1. The normalized spacial score (nSPS) is 10.8. The molecule has 1 aromatic heterocycles. The van der Waals surface area contributed by atoms with Crippen molar-refractivity contribution >= 4 is 28.1 Å². The first-order chi connectivity index (χ1) is 11.7. The summed E-state index contributed by atoms with van der Waals surface area (Å²) < 4.78 is 0. The summed E-state index contributed by atoms with van der Waals surface area (Å²) >= 11 is 0. The molecule has 0 spiro atoms. The molecule has 116 valence electrons. The SMILES string of the molecule is O=[N+]([O-])c1ccc(Nc2ncnc3cc4cccccc-4c23)cc1. The van der Waals surface area contributed by atoms with E-state index in [-0.39, 0.29) is 5.69 Å². The molecule has 6 nitrogen and oxygen atoms in total. The maximum absolute atomic E-state index is 10.8. The average molecular weight is 316 g/mol. The van der Waals surface area contributed by atoms with E-state index < -0.39 is 4.92 Å². The third-order valence-corrected chi connectivity index (χ3v) is 3.85. The van der Waals surface area contributed by atoms with Crippen LogP contribution >= 0.6 is 0 Å². The predicted molar refractivity (Wildman–Crippen MR) is 92.5 cm³/mol. The molecule has 0 aliphatic heterocycles. The number of non-ortho nitro benzene ring substituents is 1. The van der Waals surface area contributed by atoms with Crippen LogP contribution in [-0.2, 0) is 0 Å². The van der Waals surface area contributed by atoms with Gasteiger partial charge in [0, 0.05) is 17.8 Å². The average Bonchev–Trinajstić information content (AvgIpc) is 2.78. The summed E-state index contributed by atoms with van der Waals surface area (Å²) in [7, 11) is 0. The zero-order valence-electron chi connectivity index (χ0n) is 12.5. The van der Waals surface area contributed by atoms with E-state index in [2.05, 4.69) is 15.3 Å².